The van der Waals surface area contributed by atoms with Crippen LogP contribution in [0.4, 0.5) is 0 Å². The predicted octanol–water partition coefficient (Wildman–Crippen LogP) is 2.22. The third kappa shape index (κ3) is 4.08. The monoisotopic (exact) mass is 256 g/mol. The minimum absolute atomic E-state index is 0.405. The Morgan fingerprint density at radius 1 is 1.62 bits per heavy atom. The highest BCUT2D eigenvalue weighted by Crippen LogP contribution is 2.22. The molecule has 0 bridgehead atoms. The van der Waals surface area contributed by atoms with Crippen molar-refractivity contribution in [3.8, 4) is 6.07 Å². The maximum absolute atomic E-state index is 8.97. The standard InChI is InChI=1S/C10H16N4S2/c1-8-13-9(16-14-8)15-6-4-5-10(2,7-11)12-3/h12H,4-6H2,1-3H3. The van der Waals surface area contributed by atoms with Crippen LogP contribution in [-0.2, 0) is 0 Å². The van der Waals surface area contributed by atoms with Crippen molar-refractivity contribution in [2.24, 2.45) is 0 Å². The normalized spacial score (nSPS) is 14.4. The topological polar surface area (TPSA) is 61.6 Å². The first-order valence-electron chi connectivity index (χ1n) is 5.13. The maximum atomic E-state index is 8.97. The molecule has 0 aliphatic carbocycles. The molecule has 0 aromatic carbocycles. The van der Waals surface area contributed by atoms with Crippen LogP contribution in [0.15, 0.2) is 4.34 Å². The maximum Gasteiger partial charge on any atom is 0.170 e. The molecule has 0 aliphatic rings. The number of rotatable bonds is 6. The van der Waals surface area contributed by atoms with E-state index in [1.807, 2.05) is 20.9 Å². The number of nitriles is 1. The number of aromatic nitrogens is 2. The second-order valence-corrected chi connectivity index (χ2v) is 5.85. The Kier molecular flexibility index (Phi) is 5.19. The van der Waals surface area contributed by atoms with Gasteiger partial charge in [-0.05, 0) is 45.3 Å². The molecular formula is C10H16N4S2. The molecule has 1 unspecified atom stereocenters. The van der Waals surface area contributed by atoms with Crippen molar-refractivity contribution in [1.29, 1.82) is 5.26 Å². The van der Waals surface area contributed by atoms with Crippen LogP contribution in [0.3, 0.4) is 0 Å². The van der Waals surface area contributed by atoms with Gasteiger partial charge in [-0.25, -0.2) is 4.98 Å². The lowest BCUT2D eigenvalue weighted by Gasteiger charge is -2.19. The van der Waals surface area contributed by atoms with E-state index in [-0.39, 0.29) is 0 Å². The summed E-state index contributed by atoms with van der Waals surface area (Å²) >= 11 is 3.15. The van der Waals surface area contributed by atoms with Crippen molar-refractivity contribution < 1.29 is 0 Å². The number of hydrogen-bond donors (Lipinski definition) is 1. The second kappa shape index (κ2) is 6.18. The van der Waals surface area contributed by atoms with Crippen molar-refractivity contribution in [3.05, 3.63) is 5.82 Å². The third-order valence-corrected chi connectivity index (χ3v) is 4.37. The molecule has 0 radical (unpaired) electrons. The highest BCUT2D eigenvalue weighted by Gasteiger charge is 2.19. The fourth-order valence-electron chi connectivity index (χ4n) is 1.16. The Bertz CT molecular complexity index is 371. The zero-order chi connectivity index (χ0) is 12.0. The van der Waals surface area contributed by atoms with Crippen LogP contribution < -0.4 is 5.32 Å². The molecule has 16 heavy (non-hydrogen) atoms. The number of aryl methyl sites for hydroxylation is 1. The first-order chi connectivity index (χ1) is 7.59. The quantitative estimate of drug-likeness (QED) is 0.624. The van der Waals surface area contributed by atoms with Crippen molar-refractivity contribution in [2.45, 2.75) is 36.6 Å². The Balaban J connectivity index is 2.24. The number of thioether (sulfide) groups is 1. The van der Waals surface area contributed by atoms with E-state index in [1.165, 1.54) is 11.5 Å². The van der Waals surface area contributed by atoms with Crippen LogP contribution in [0.2, 0.25) is 0 Å². The van der Waals surface area contributed by atoms with Gasteiger partial charge in [-0.3, -0.25) is 0 Å². The van der Waals surface area contributed by atoms with Gasteiger partial charge in [0.2, 0.25) is 0 Å². The van der Waals surface area contributed by atoms with E-state index >= 15 is 0 Å². The summed E-state index contributed by atoms with van der Waals surface area (Å²) < 4.78 is 5.14. The molecule has 0 fully saturated rings. The van der Waals surface area contributed by atoms with Gasteiger partial charge >= 0.3 is 0 Å². The van der Waals surface area contributed by atoms with Gasteiger partial charge in [-0.2, -0.15) is 9.64 Å². The smallest absolute Gasteiger partial charge is 0.170 e. The molecule has 1 N–H and O–H groups in total. The van der Waals surface area contributed by atoms with E-state index in [9.17, 15) is 0 Å². The fourth-order valence-corrected chi connectivity index (χ4v) is 2.82. The Morgan fingerprint density at radius 2 is 2.38 bits per heavy atom. The van der Waals surface area contributed by atoms with Gasteiger partial charge in [-0.1, -0.05) is 11.8 Å². The second-order valence-electron chi connectivity index (χ2n) is 3.75. The van der Waals surface area contributed by atoms with Crippen LogP contribution in [0.5, 0.6) is 0 Å². The zero-order valence-electron chi connectivity index (χ0n) is 9.78. The summed E-state index contributed by atoms with van der Waals surface area (Å²) in [5.74, 6) is 1.82. The molecule has 1 atom stereocenters. The summed E-state index contributed by atoms with van der Waals surface area (Å²) in [6.45, 7) is 3.82. The minimum Gasteiger partial charge on any atom is -0.303 e. The number of hydrogen-bond acceptors (Lipinski definition) is 6. The summed E-state index contributed by atoms with van der Waals surface area (Å²) in [5, 5.41) is 12.0. The summed E-state index contributed by atoms with van der Waals surface area (Å²) in [6, 6.07) is 2.29. The zero-order valence-corrected chi connectivity index (χ0v) is 11.4. The lowest BCUT2D eigenvalue weighted by atomic mass is 9.99. The van der Waals surface area contributed by atoms with E-state index in [2.05, 4.69) is 20.7 Å². The van der Waals surface area contributed by atoms with Gasteiger partial charge in [0, 0.05) is 5.75 Å². The van der Waals surface area contributed by atoms with Gasteiger partial charge in [0.25, 0.3) is 0 Å². The minimum atomic E-state index is -0.405. The van der Waals surface area contributed by atoms with Crippen LogP contribution in [0.1, 0.15) is 25.6 Å². The molecule has 1 rings (SSSR count). The van der Waals surface area contributed by atoms with Gasteiger partial charge in [0.1, 0.15) is 11.4 Å². The van der Waals surface area contributed by atoms with Crippen LogP contribution in [0, 0.1) is 18.3 Å². The molecule has 4 nitrogen and oxygen atoms in total. The SMILES string of the molecule is CNC(C)(C#N)CCCSc1nc(C)ns1. The molecule has 1 heterocycles. The highest BCUT2D eigenvalue weighted by molar-refractivity contribution is 8.00. The first-order valence-corrected chi connectivity index (χ1v) is 6.89. The van der Waals surface area contributed by atoms with Crippen molar-refractivity contribution in [1.82, 2.24) is 14.7 Å². The fraction of sp³-hybridized carbons (Fsp3) is 0.700. The summed E-state index contributed by atoms with van der Waals surface area (Å²) in [5.41, 5.74) is -0.405. The Hall–Kier alpha value is -0.640. The molecule has 1 aromatic rings. The summed E-state index contributed by atoms with van der Waals surface area (Å²) in [4.78, 5) is 4.27. The molecular weight excluding hydrogens is 240 g/mol. The number of nitrogens with zero attached hydrogens (tertiary/aromatic N) is 3. The van der Waals surface area contributed by atoms with Gasteiger partial charge in [0.15, 0.2) is 4.34 Å². The number of nitrogens with one attached hydrogen (secondary N) is 1. The van der Waals surface area contributed by atoms with Gasteiger partial charge in [0.05, 0.1) is 6.07 Å². The van der Waals surface area contributed by atoms with Crippen LogP contribution in [-0.4, -0.2) is 27.7 Å². The van der Waals surface area contributed by atoms with Crippen molar-refractivity contribution in [3.63, 3.8) is 0 Å². The predicted molar refractivity (Wildman–Crippen MR) is 67.7 cm³/mol. The molecule has 1 aromatic heterocycles. The van der Waals surface area contributed by atoms with Crippen molar-refractivity contribution in [2.75, 3.05) is 12.8 Å². The average Bonchev–Trinajstić information content (AvgIpc) is 2.70. The third-order valence-electron chi connectivity index (χ3n) is 2.35. The molecule has 0 amide bonds. The van der Waals surface area contributed by atoms with E-state index in [0.29, 0.717) is 0 Å². The van der Waals surface area contributed by atoms with E-state index in [0.717, 1.165) is 28.8 Å². The highest BCUT2D eigenvalue weighted by atomic mass is 32.2. The van der Waals surface area contributed by atoms with E-state index in [1.54, 1.807) is 11.8 Å². The molecule has 0 aliphatic heterocycles. The van der Waals surface area contributed by atoms with E-state index < -0.39 is 5.54 Å². The molecule has 0 saturated carbocycles. The summed E-state index contributed by atoms with van der Waals surface area (Å²) in [7, 11) is 1.82. The van der Waals surface area contributed by atoms with Gasteiger partial charge < -0.3 is 5.32 Å². The van der Waals surface area contributed by atoms with Gasteiger partial charge in [-0.15, -0.1) is 0 Å². The lowest BCUT2D eigenvalue weighted by molar-refractivity contribution is 0.451. The molecule has 88 valence electrons. The molecule has 6 heteroatoms. The van der Waals surface area contributed by atoms with Crippen molar-refractivity contribution >= 4 is 23.3 Å². The largest absolute Gasteiger partial charge is 0.303 e. The van der Waals surface area contributed by atoms with Crippen LogP contribution >= 0.6 is 23.3 Å². The summed E-state index contributed by atoms with van der Waals surface area (Å²) in [6.07, 6.45) is 1.85. The van der Waals surface area contributed by atoms with E-state index in [4.69, 9.17) is 5.26 Å². The first kappa shape index (κ1) is 13.4. The lowest BCUT2D eigenvalue weighted by Crippen LogP contribution is -2.37. The Labute approximate surface area is 105 Å². The average molecular weight is 256 g/mol. The molecule has 0 saturated heterocycles. The van der Waals surface area contributed by atoms with Crippen LogP contribution in [0.25, 0.3) is 0 Å². The Morgan fingerprint density at radius 3 is 2.88 bits per heavy atom. The molecule has 0 spiro atoms.